The zero-order valence-electron chi connectivity index (χ0n) is 11.5. The van der Waals surface area contributed by atoms with E-state index in [9.17, 15) is 0 Å². The van der Waals surface area contributed by atoms with Crippen LogP contribution in [0.15, 0.2) is 29.0 Å². The van der Waals surface area contributed by atoms with Gasteiger partial charge in [0.1, 0.15) is 0 Å². The molecular weight excluding hydrogens is 304 g/mol. The van der Waals surface area contributed by atoms with Crippen molar-refractivity contribution in [2.45, 2.75) is 26.3 Å². The van der Waals surface area contributed by atoms with E-state index in [1.807, 2.05) is 24.0 Å². The molecule has 5 heteroatoms. The first-order chi connectivity index (χ1) is 9.10. The number of pyridine rings is 1. The third kappa shape index (κ3) is 3.64. The molecule has 0 aromatic carbocycles. The molecule has 2 aromatic rings. The van der Waals surface area contributed by atoms with Crippen molar-refractivity contribution in [3.8, 4) is 0 Å². The van der Waals surface area contributed by atoms with Crippen molar-refractivity contribution in [3.63, 3.8) is 0 Å². The van der Waals surface area contributed by atoms with E-state index in [1.165, 1.54) is 5.56 Å². The zero-order chi connectivity index (χ0) is 13.8. The number of aromatic nitrogens is 3. The summed E-state index contributed by atoms with van der Waals surface area (Å²) in [6.07, 6.45) is 4.80. The Bertz CT molecular complexity index is 533. The highest BCUT2D eigenvalue weighted by atomic mass is 79.9. The molecule has 19 heavy (non-hydrogen) atoms. The molecule has 2 rings (SSSR count). The maximum absolute atomic E-state index is 4.45. The van der Waals surface area contributed by atoms with Crippen molar-refractivity contribution in [2.24, 2.45) is 7.05 Å². The average molecular weight is 323 g/mol. The van der Waals surface area contributed by atoms with Crippen LogP contribution in [-0.4, -0.2) is 21.3 Å². The average Bonchev–Trinajstić information content (AvgIpc) is 2.71. The van der Waals surface area contributed by atoms with E-state index >= 15 is 0 Å². The summed E-state index contributed by atoms with van der Waals surface area (Å²) >= 11 is 3.41. The Kier molecular flexibility index (Phi) is 4.71. The lowest BCUT2D eigenvalue weighted by molar-refractivity contribution is 0.541. The van der Waals surface area contributed by atoms with Crippen LogP contribution >= 0.6 is 15.9 Å². The summed E-state index contributed by atoms with van der Waals surface area (Å²) in [5.74, 6) is 0. The predicted octanol–water partition coefficient (Wildman–Crippen LogP) is 2.78. The molecule has 0 fully saturated rings. The Morgan fingerprint density at radius 3 is 2.74 bits per heavy atom. The van der Waals surface area contributed by atoms with Crippen LogP contribution in [0.2, 0.25) is 0 Å². The maximum atomic E-state index is 4.45. The predicted molar refractivity (Wildman–Crippen MR) is 80.0 cm³/mol. The molecule has 0 aliphatic carbocycles. The number of rotatable bonds is 5. The molecule has 0 aliphatic rings. The van der Waals surface area contributed by atoms with Gasteiger partial charge in [0.15, 0.2) is 0 Å². The number of halogens is 1. The highest BCUT2D eigenvalue weighted by Gasteiger charge is 2.16. The number of hydrogen-bond acceptors (Lipinski definition) is 3. The van der Waals surface area contributed by atoms with Gasteiger partial charge in [-0.1, -0.05) is 6.92 Å². The lowest BCUT2D eigenvalue weighted by atomic mass is 10.0. The molecule has 4 nitrogen and oxygen atoms in total. The summed E-state index contributed by atoms with van der Waals surface area (Å²) in [5, 5.41) is 7.93. The van der Waals surface area contributed by atoms with Gasteiger partial charge < -0.3 is 5.32 Å². The second-order valence-corrected chi connectivity index (χ2v) is 5.54. The topological polar surface area (TPSA) is 42.7 Å². The normalized spacial score (nSPS) is 12.6. The molecule has 0 spiro atoms. The minimum Gasteiger partial charge on any atom is -0.310 e. The van der Waals surface area contributed by atoms with Crippen molar-refractivity contribution in [3.05, 3.63) is 46.0 Å². The van der Waals surface area contributed by atoms with Crippen LogP contribution in [0.25, 0.3) is 0 Å². The Hall–Kier alpha value is -1.20. The standard InChI is InChI=1S/C14H19BrN4/c1-4-16-14(13-9-19(3)18-10(13)2)7-12-6-5-11(15)8-17-12/h5-6,8-9,14,16H,4,7H2,1-3H3. The van der Waals surface area contributed by atoms with Gasteiger partial charge in [-0.05, 0) is 41.5 Å². The zero-order valence-corrected chi connectivity index (χ0v) is 13.1. The van der Waals surface area contributed by atoms with Gasteiger partial charge in [-0.3, -0.25) is 9.67 Å². The first-order valence-corrected chi connectivity index (χ1v) is 7.23. The molecule has 2 heterocycles. The van der Waals surface area contributed by atoms with Crippen molar-refractivity contribution < 1.29 is 0 Å². The molecule has 0 aliphatic heterocycles. The number of likely N-dealkylation sites (N-methyl/N-ethyl adjacent to an activating group) is 1. The molecule has 0 saturated carbocycles. The van der Waals surface area contributed by atoms with Gasteiger partial charge in [-0.25, -0.2) is 0 Å². The smallest absolute Gasteiger partial charge is 0.0641 e. The fraction of sp³-hybridized carbons (Fsp3) is 0.429. The highest BCUT2D eigenvalue weighted by molar-refractivity contribution is 9.10. The Morgan fingerprint density at radius 2 is 2.21 bits per heavy atom. The number of nitrogens with zero attached hydrogens (tertiary/aromatic N) is 3. The van der Waals surface area contributed by atoms with Gasteiger partial charge in [-0.2, -0.15) is 5.10 Å². The summed E-state index contributed by atoms with van der Waals surface area (Å²) in [5.41, 5.74) is 3.40. The largest absolute Gasteiger partial charge is 0.310 e. The Labute approximate surface area is 122 Å². The van der Waals surface area contributed by atoms with E-state index < -0.39 is 0 Å². The van der Waals surface area contributed by atoms with Crippen LogP contribution in [0, 0.1) is 6.92 Å². The van der Waals surface area contributed by atoms with E-state index in [-0.39, 0.29) is 6.04 Å². The molecule has 0 saturated heterocycles. The van der Waals surface area contributed by atoms with E-state index in [2.05, 4.69) is 57.4 Å². The number of aryl methyl sites for hydroxylation is 2. The summed E-state index contributed by atoms with van der Waals surface area (Å²) in [7, 11) is 1.96. The molecule has 1 atom stereocenters. The van der Waals surface area contributed by atoms with Crippen LogP contribution in [0.5, 0.6) is 0 Å². The lowest BCUT2D eigenvalue weighted by Crippen LogP contribution is -2.23. The quantitative estimate of drug-likeness (QED) is 0.920. The number of nitrogens with one attached hydrogen (secondary N) is 1. The third-order valence-electron chi connectivity index (χ3n) is 3.08. The summed E-state index contributed by atoms with van der Waals surface area (Å²) in [6.45, 7) is 5.10. The first kappa shape index (κ1) is 14.2. The van der Waals surface area contributed by atoms with Crippen LogP contribution in [-0.2, 0) is 13.5 Å². The van der Waals surface area contributed by atoms with Crippen molar-refractivity contribution in [1.29, 1.82) is 0 Å². The maximum Gasteiger partial charge on any atom is 0.0641 e. The minimum absolute atomic E-state index is 0.257. The Morgan fingerprint density at radius 1 is 1.42 bits per heavy atom. The molecule has 0 bridgehead atoms. The van der Waals surface area contributed by atoms with Crippen LogP contribution in [0.3, 0.4) is 0 Å². The molecule has 2 aromatic heterocycles. The molecule has 1 unspecified atom stereocenters. The van der Waals surface area contributed by atoms with Gasteiger partial charge in [0.2, 0.25) is 0 Å². The van der Waals surface area contributed by atoms with Crippen molar-refractivity contribution in [1.82, 2.24) is 20.1 Å². The molecule has 0 radical (unpaired) electrons. The van der Waals surface area contributed by atoms with Crippen LogP contribution in [0.1, 0.15) is 29.9 Å². The van der Waals surface area contributed by atoms with Gasteiger partial charge in [0, 0.05) is 47.6 Å². The van der Waals surface area contributed by atoms with E-state index in [4.69, 9.17) is 0 Å². The van der Waals surface area contributed by atoms with Gasteiger partial charge in [0.25, 0.3) is 0 Å². The first-order valence-electron chi connectivity index (χ1n) is 6.44. The second kappa shape index (κ2) is 6.30. The fourth-order valence-corrected chi connectivity index (χ4v) is 2.47. The second-order valence-electron chi connectivity index (χ2n) is 4.63. The summed E-state index contributed by atoms with van der Waals surface area (Å²) < 4.78 is 2.87. The van der Waals surface area contributed by atoms with E-state index in [0.717, 1.165) is 28.8 Å². The summed E-state index contributed by atoms with van der Waals surface area (Å²) in [4.78, 5) is 4.45. The highest BCUT2D eigenvalue weighted by Crippen LogP contribution is 2.20. The molecule has 1 N–H and O–H groups in total. The van der Waals surface area contributed by atoms with E-state index in [0.29, 0.717) is 0 Å². The Balaban J connectivity index is 2.20. The number of hydrogen-bond donors (Lipinski definition) is 1. The van der Waals surface area contributed by atoms with Gasteiger partial charge in [-0.15, -0.1) is 0 Å². The van der Waals surface area contributed by atoms with Crippen molar-refractivity contribution >= 4 is 15.9 Å². The fourth-order valence-electron chi connectivity index (χ4n) is 2.23. The van der Waals surface area contributed by atoms with Crippen molar-refractivity contribution in [2.75, 3.05) is 6.54 Å². The van der Waals surface area contributed by atoms with Crippen LogP contribution in [0.4, 0.5) is 0 Å². The lowest BCUT2D eigenvalue weighted by Gasteiger charge is -2.17. The summed E-state index contributed by atoms with van der Waals surface area (Å²) in [6, 6.07) is 4.34. The van der Waals surface area contributed by atoms with E-state index in [1.54, 1.807) is 0 Å². The van der Waals surface area contributed by atoms with Gasteiger partial charge >= 0.3 is 0 Å². The van der Waals surface area contributed by atoms with Gasteiger partial charge in [0.05, 0.1) is 5.69 Å². The molecule has 0 amide bonds. The SMILES string of the molecule is CCNC(Cc1ccc(Br)cn1)c1cn(C)nc1C. The minimum atomic E-state index is 0.257. The molecular formula is C14H19BrN4. The monoisotopic (exact) mass is 322 g/mol. The van der Waals surface area contributed by atoms with Crippen LogP contribution < -0.4 is 5.32 Å². The third-order valence-corrected chi connectivity index (χ3v) is 3.55. The molecule has 102 valence electrons.